The Morgan fingerprint density at radius 3 is 2.23 bits per heavy atom. The van der Waals surface area contributed by atoms with Gasteiger partial charge in [-0.25, -0.2) is 4.79 Å². The molecule has 1 aliphatic rings. The predicted octanol–water partition coefficient (Wildman–Crippen LogP) is 3.02. The molecule has 0 bridgehead atoms. The van der Waals surface area contributed by atoms with Gasteiger partial charge in [-0.1, -0.05) is 36.4 Å². The van der Waals surface area contributed by atoms with Crippen LogP contribution in [0.15, 0.2) is 54.2 Å². The number of nitrogens with one attached hydrogen (secondary N) is 2. The molecule has 0 aromatic heterocycles. The number of rotatable bonds is 7. The first-order valence-electron chi connectivity index (χ1n) is 8.38. The molecule has 6 heteroatoms. The number of benzene rings is 2. The second-order valence-electron chi connectivity index (χ2n) is 5.82. The van der Waals surface area contributed by atoms with Gasteiger partial charge >= 0.3 is 6.03 Å². The number of carbonyl (C=O) groups is 2. The van der Waals surface area contributed by atoms with E-state index >= 15 is 0 Å². The maximum atomic E-state index is 11.6. The summed E-state index contributed by atoms with van der Waals surface area (Å²) in [6, 6.07) is 14.7. The molecule has 134 valence electrons. The minimum absolute atomic E-state index is 0.203. The lowest BCUT2D eigenvalue weighted by Crippen LogP contribution is -2.22. The molecule has 1 aliphatic heterocycles. The first-order valence-corrected chi connectivity index (χ1v) is 8.38. The molecule has 2 aromatic rings. The first-order chi connectivity index (χ1) is 12.6. The Kier molecular flexibility index (Phi) is 5.53. The summed E-state index contributed by atoms with van der Waals surface area (Å²) >= 11 is 0. The van der Waals surface area contributed by atoms with Crippen molar-refractivity contribution in [3.05, 3.63) is 65.4 Å². The first kappa shape index (κ1) is 17.5. The van der Waals surface area contributed by atoms with Crippen molar-refractivity contribution >= 4 is 18.0 Å². The predicted molar refractivity (Wildman–Crippen MR) is 97.9 cm³/mol. The fraction of sp³-hybridized carbons (Fsp3) is 0.200. The number of ether oxygens (including phenoxy) is 2. The number of hydrogen-bond donors (Lipinski definition) is 2. The van der Waals surface area contributed by atoms with Gasteiger partial charge in [0.1, 0.15) is 17.2 Å². The fourth-order valence-electron chi connectivity index (χ4n) is 2.51. The maximum absolute atomic E-state index is 11.6. The standard InChI is InChI=1S/C20H20N2O4/c1-14-7-2-4-9-17(14)25-11-6-12-26-18-10-5-3-8-15(18)13-16-19(23)22-20(24)21-16/h2-5,7-10,13H,6,11-12H2,1H3,(H2,21,22,23,24)/b16-13+. The lowest BCUT2D eigenvalue weighted by molar-refractivity contribution is -0.115. The van der Waals surface area contributed by atoms with E-state index in [2.05, 4.69) is 10.6 Å². The molecule has 0 aliphatic carbocycles. The second kappa shape index (κ2) is 8.20. The summed E-state index contributed by atoms with van der Waals surface area (Å²) < 4.78 is 11.6. The molecule has 0 radical (unpaired) electrons. The molecule has 0 atom stereocenters. The van der Waals surface area contributed by atoms with Crippen molar-refractivity contribution in [2.24, 2.45) is 0 Å². The normalized spacial score (nSPS) is 14.9. The highest BCUT2D eigenvalue weighted by Crippen LogP contribution is 2.22. The summed E-state index contributed by atoms with van der Waals surface area (Å²) in [7, 11) is 0. The third-order valence-corrected chi connectivity index (χ3v) is 3.84. The van der Waals surface area contributed by atoms with Gasteiger partial charge in [0.05, 0.1) is 13.2 Å². The molecule has 1 saturated heterocycles. The van der Waals surface area contributed by atoms with Crippen LogP contribution in [0.25, 0.3) is 6.08 Å². The van der Waals surface area contributed by atoms with Crippen molar-refractivity contribution in [3.8, 4) is 11.5 Å². The van der Waals surface area contributed by atoms with Crippen molar-refractivity contribution in [3.63, 3.8) is 0 Å². The smallest absolute Gasteiger partial charge is 0.326 e. The summed E-state index contributed by atoms with van der Waals surface area (Å²) in [5, 5.41) is 4.64. The van der Waals surface area contributed by atoms with Crippen LogP contribution in [0.2, 0.25) is 0 Å². The van der Waals surface area contributed by atoms with Crippen LogP contribution in [0.3, 0.4) is 0 Å². The minimum Gasteiger partial charge on any atom is -0.493 e. The van der Waals surface area contributed by atoms with Crippen LogP contribution in [-0.4, -0.2) is 25.2 Å². The van der Waals surface area contributed by atoms with Gasteiger partial charge in [0.25, 0.3) is 5.91 Å². The zero-order valence-corrected chi connectivity index (χ0v) is 14.5. The highest BCUT2D eigenvalue weighted by atomic mass is 16.5. The van der Waals surface area contributed by atoms with E-state index in [1.165, 1.54) is 0 Å². The van der Waals surface area contributed by atoms with E-state index in [4.69, 9.17) is 9.47 Å². The molecule has 0 saturated carbocycles. The Labute approximate surface area is 151 Å². The van der Waals surface area contributed by atoms with Gasteiger partial charge < -0.3 is 14.8 Å². The molecule has 1 heterocycles. The van der Waals surface area contributed by atoms with Crippen LogP contribution < -0.4 is 20.1 Å². The molecule has 2 aromatic carbocycles. The third kappa shape index (κ3) is 4.42. The highest BCUT2D eigenvalue weighted by molar-refractivity contribution is 6.14. The van der Waals surface area contributed by atoms with Crippen molar-refractivity contribution in [1.29, 1.82) is 0 Å². The topological polar surface area (TPSA) is 76.7 Å². The summed E-state index contributed by atoms with van der Waals surface area (Å²) in [5.74, 6) is 1.07. The van der Waals surface area contributed by atoms with Crippen LogP contribution in [-0.2, 0) is 4.79 Å². The van der Waals surface area contributed by atoms with Crippen LogP contribution in [0.5, 0.6) is 11.5 Å². The van der Waals surface area contributed by atoms with Gasteiger partial charge in [0.2, 0.25) is 0 Å². The molecule has 26 heavy (non-hydrogen) atoms. The largest absolute Gasteiger partial charge is 0.493 e. The third-order valence-electron chi connectivity index (χ3n) is 3.84. The van der Waals surface area contributed by atoms with E-state index in [0.29, 0.717) is 19.0 Å². The zero-order chi connectivity index (χ0) is 18.4. The Hall–Kier alpha value is -3.28. The van der Waals surface area contributed by atoms with E-state index in [1.807, 2.05) is 55.5 Å². The van der Waals surface area contributed by atoms with E-state index in [0.717, 1.165) is 23.3 Å². The van der Waals surface area contributed by atoms with Crippen molar-refractivity contribution < 1.29 is 19.1 Å². The van der Waals surface area contributed by atoms with Crippen LogP contribution in [0.1, 0.15) is 17.5 Å². The number of para-hydroxylation sites is 2. The summed E-state index contributed by atoms with van der Waals surface area (Å²) in [5.41, 5.74) is 2.02. The molecule has 1 fully saturated rings. The molecule has 3 amide bonds. The molecule has 6 nitrogen and oxygen atoms in total. The van der Waals surface area contributed by atoms with Crippen LogP contribution in [0, 0.1) is 6.92 Å². The van der Waals surface area contributed by atoms with Gasteiger partial charge in [0, 0.05) is 12.0 Å². The number of aryl methyl sites for hydroxylation is 1. The van der Waals surface area contributed by atoms with Crippen molar-refractivity contribution in [1.82, 2.24) is 10.6 Å². The Balaban J connectivity index is 1.54. The summed E-state index contributed by atoms with van der Waals surface area (Å²) in [4.78, 5) is 22.8. The Morgan fingerprint density at radius 1 is 0.885 bits per heavy atom. The number of hydrogen-bond acceptors (Lipinski definition) is 4. The molecule has 3 rings (SSSR count). The fourth-order valence-corrected chi connectivity index (χ4v) is 2.51. The van der Waals surface area contributed by atoms with Gasteiger partial charge in [0.15, 0.2) is 0 Å². The lowest BCUT2D eigenvalue weighted by atomic mass is 10.1. The quantitative estimate of drug-likeness (QED) is 0.456. The van der Waals surface area contributed by atoms with Crippen LogP contribution >= 0.6 is 0 Å². The van der Waals surface area contributed by atoms with Gasteiger partial charge in [-0.2, -0.15) is 0 Å². The van der Waals surface area contributed by atoms with Gasteiger partial charge in [-0.05, 0) is 30.7 Å². The Morgan fingerprint density at radius 2 is 1.54 bits per heavy atom. The highest BCUT2D eigenvalue weighted by Gasteiger charge is 2.23. The van der Waals surface area contributed by atoms with Crippen molar-refractivity contribution in [2.75, 3.05) is 13.2 Å². The molecular formula is C20H20N2O4. The van der Waals surface area contributed by atoms with Gasteiger partial charge in [-0.3, -0.25) is 10.1 Å². The van der Waals surface area contributed by atoms with E-state index in [1.54, 1.807) is 6.08 Å². The van der Waals surface area contributed by atoms with E-state index in [9.17, 15) is 9.59 Å². The van der Waals surface area contributed by atoms with Gasteiger partial charge in [-0.15, -0.1) is 0 Å². The average Bonchev–Trinajstić information content (AvgIpc) is 2.94. The van der Waals surface area contributed by atoms with Crippen LogP contribution in [0.4, 0.5) is 4.79 Å². The summed E-state index contributed by atoms with van der Waals surface area (Å²) in [6.07, 6.45) is 2.32. The minimum atomic E-state index is -0.520. The summed E-state index contributed by atoms with van der Waals surface area (Å²) in [6.45, 7) is 3.03. The number of urea groups is 1. The van der Waals surface area contributed by atoms with E-state index < -0.39 is 11.9 Å². The molecule has 0 unspecified atom stereocenters. The zero-order valence-electron chi connectivity index (χ0n) is 14.5. The molecule has 0 spiro atoms. The van der Waals surface area contributed by atoms with E-state index in [-0.39, 0.29) is 5.70 Å². The number of carbonyl (C=O) groups excluding carboxylic acids is 2. The number of imide groups is 1. The number of amides is 3. The second-order valence-corrected chi connectivity index (χ2v) is 5.82. The SMILES string of the molecule is Cc1ccccc1OCCCOc1ccccc1/C=C1/NC(=O)NC1=O. The molecule has 2 N–H and O–H groups in total. The maximum Gasteiger partial charge on any atom is 0.326 e. The average molecular weight is 352 g/mol. The lowest BCUT2D eigenvalue weighted by Gasteiger charge is -2.11. The van der Waals surface area contributed by atoms with Crippen molar-refractivity contribution in [2.45, 2.75) is 13.3 Å². The monoisotopic (exact) mass is 352 g/mol. The molecular weight excluding hydrogens is 332 g/mol. The Bertz CT molecular complexity index is 845.